The molecular formula is C67H81BrO12. The highest BCUT2D eigenvalue weighted by Crippen LogP contribution is 2.54. The number of ether oxygens (including phenoxy) is 12. The molecular weight excluding hydrogens is 1080 g/mol. The quantitative estimate of drug-likeness (QED) is 0.0482. The van der Waals surface area contributed by atoms with Crippen molar-refractivity contribution in [2.75, 3.05) is 83.4 Å². The topological polar surface area (TPSA) is 111 Å². The van der Waals surface area contributed by atoms with Gasteiger partial charge in [-0.25, -0.2) is 0 Å². The molecule has 12 nitrogen and oxygen atoms in total. The molecule has 0 amide bonds. The van der Waals surface area contributed by atoms with E-state index in [0.717, 1.165) is 132 Å². The van der Waals surface area contributed by atoms with Gasteiger partial charge < -0.3 is 56.8 Å². The third-order valence-corrected chi connectivity index (χ3v) is 18.1. The number of halogens is 1. The number of hydrogen-bond donors (Lipinski definition) is 0. The highest BCUT2D eigenvalue weighted by molar-refractivity contribution is 9.10. The van der Waals surface area contributed by atoms with Gasteiger partial charge in [0, 0.05) is 47.1 Å². The molecule has 3 aliphatic rings. The van der Waals surface area contributed by atoms with Gasteiger partial charge in [-0.3, -0.25) is 0 Å². The second-order valence-corrected chi connectivity index (χ2v) is 22.9. The Balaban J connectivity index is 0.887. The summed E-state index contributed by atoms with van der Waals surface area (Å²) in [4.78, 5) is 0. The Kier molecular flexibility index (Phi) is 20.3. The number of benzene rings is 6. The van der Waals surface area contributed by atoms with Crippen molar-refractivity contribution in [2.45, 2.75) is 118 Å². The Bertz CT molecular complexity index is 2620. The van der Waals surface area contributed by atoms with Gasteiger partial charge >= 0.3 is 0 Å². The SMILES string of the molecule is COCOC1(c2ccc(C)cc2)CCC(OCOC)(c2ccc(-c3ccc(C4(OCOC)CCC(OCOC)(c5ccc(-c6ccc(C7(OCOC)CCC(OCOC)(c8ccc(Br)cc8)CC7)cc6)cc5)CC4)cc3)cc2)CC1. The molecule has 0 saturated heterocycles. The molecule has 428 valence electrons. The predicted octanol–water partition coefficient (Wildman–Crippen LogP) is 14.8. The fourth-order valence-corrected chi connectivity index (χ4v) is 13.0. The van der Waals surface area contributed by atoms with Crippen LogP contribution < -0.4 is 0 Å². The van der Waals surface area contributed by atoms with Crippen molar-refractivity contribution in [3.8, 4) is 22.3 Å². The fraction of sp³-hybridized carbons (Fsp3) is 0.463. The Hall–Kier alpha value is -4.68. The third kappa shape index (κ3) is 13.1. The first-order valence-corrected chi connectivity index (χ1v) is 28.8. The molecule has 13 heteroatoms. The summed E-state index contributed by atoms with van der Waals surface area (Å²) in [5.74, 6) is 0. The average Bonchev–Trinajstić information content (AvgIpc) is 3.54. The van der Waals surface area contributed by atoms with Crippen LogP contribution in [0.1, 0.15) is 116 Å². The summed E-state index contributed by atoms with van der Waals surface area (Å²) in [5.41, 5.74) is 9.31. The zero-order valence-corrected chi connectivity index (χ0v) is 49.4. The van der Waals surface area contributed by atoms with Crippen molar-refractivity contribution in [3.63, 3.8) is 0 Å². The molecule has 0 heterocycles. The molecule has 9 rings (SSSR count). The van der Waals surface area contributed by atoms with Crippen molar-refractivity contribution >= 4 is 15.9 Å². The van der Waals surface area contributed by atoms with E-state index in [2.05, 4.69) is 168 Å². The summed E-state index contributed by atoms with van der Waals surface area (Å²) < 4.78 is 73.6. The Morgan fingerprint density at radius 2 is 0.425 bits per heavy atom. The predicted molar refractivity (Wildman–Crippen MR) is 312 cm³/mol. The lowest BCUT2D eigenvalue weighted by molar-refractivity contribution is -0.203. The van der Waals surface area contributed by atoms with Gasteiger partial charge in [-0.1, -0.05) is 155 Å². The van der Waals surface area contributed by atoms with Crippen molar-refractivity contribution in [2.24, 2.45) is 0 Å². The minimum Gasteiger partial charge on any atom is -0.359 e. The van der Waals surface area contributed by atoms with Gasteiger partial charge in [-0.2, -0.15) is 0 Å². The average molecular weight is 1160 g/mol. The van der Waals surface area contributed by atoms with Crippen LogP contribution in [0.5, 0.6) is 0 Å². The van der Waals surface area contributed by atoms with E-state index in [-0.39, 0.29) is 40.8 Å². The van der Waals surface area contributed by atoms with E-state index in [0.29, 0.717) is 0 Å². The smallest absolute Gasteiger partial charge is 0.147 e. The van der Waals surface area contributed by atoms with Gasteiger partial charge in [0.15, 0.2) is 0 Å². The molecule has 3 saturated carbocycles. The first kappa shape index (κ1) is 59.9. The molecule has 6 aromatic rings. The zero-order chi connectivity index (χ0) is 56.1. The summed E-state index contributed by atoms with van der Waals surface area (Å²) in [5, 5.41) is 0. The lowest BCUT2D eigenvalue weighted by atomic mass is 9.69. The van der Waals surface area contributed by atoms with Crippen LogP contribution in [0.15, 0.2) is 150 Å². The monoisotopic (exact) mass is 1160 g/mol. The van der Waals surface area contributed by atoms with Crippen LogP contribution in [0.3, 0.4) is 0 Å². The van der Waals surface area contributed by atoms with E-state index >= 15 is 0 Å². The lowest BCUT2D eigenvalue weighted by Crippen LogP contribution is -2.43. The van der Waals surface area contributed by atoms with Crippen LogP contribution in [-0.4, -0.2) is 83.4 Å². The van der Waals surface area contributed by atoms with E-state index in [4.69, 9.17) is 56.8 Å². The van der Waals surface area contributed by atoms with Gasteiger partial charge in [0.25, 0.3) is 0 Å². The maximum absolute atomic E-state index is 6.71. The second kappa shape index (κ2) is 27.1. The molecule has 80 heavy (non-hydrogen) atoms. The summed E-state index contributed by atoms with van der Waals surface area (Å²) in [6.07, 6.45) is 9.00. The Morgan fingerprint density at radius 1 is 0.263 bits per heavy atom. The summed E-state index contributed by atoms with van der Waals surface area (Å²) >= 11 is 3.59. The van der Waals surface area contributed by atoms with Crippen molar-refractivity contribution in [1.82, 2.24) is 0 Å². The first-order valence-electron chi connectivity index (χ1n) is 28.0. The molecule has 0 spiro atoms. The fourth-order valence-electron chi connectivity index (χ4n) is 12.8. The van der Waals surface area contributed by atoms with Gasteiger partial charge in [-0.05, 0) is 152 Å². The number of methoxy groups -OCH3 is 6. The largest absolute Gasteiger partial charge is 0.359 e. The minimum absolute atomic E-state index is 0.176. The molecule has 0 unspecified atom stereocenters. The molecule has 0 aliphatic heterocycles. The van der Waals surface area contributed by atoms with Gasteiger partial charge in [0.2, 0.25) is 0 Å². The third-order valence-electron chi connectivity index (χ3n) is 17.6. The lowest BCUT2D eigenvalue weighted by Gasteiger charge is -2.46. The van der Waals surface area contributed by atoms with Crippen LogP contribution in [0.25, 0.3) is 22.3 Å². The standard InChI is InChI=1S/C67H81BrO12/c1-50-8-18-55(19-9-50)62(75-44-69-2)32-34-63(35-33-62,76-45-70-3)56-20-10-51(11-21-56)52-12-22-57(23-13-52)64(77-46-71-4)36-38-65(39-37-64,78-47-72-5)58-24-14-53(15-25-58)54-16-26-59(27-17-54)66(79-48-73-6)40-42-67(43-41-66,80-49-74-7)60-28-30-61(68)31-29-60/h8-31H,32-49H2,1-7H3. The van der Waals surface area contributed by atoms with Crippen molar-refractivity contribution < 1.29 is 56.8 Å². The van der Waals surface area contributed by atoms with Crippen LogP contribution >= 0.6 is 15.9 Å². The van der Waals surface area contributed by atoms with Crippen LogP contribution in [0, 0.1) is 6.92 Å². The van der Waals surface area contributed by atoms with Crippen LogP contribution in [0.2, 0.25) is 0 Å². The molecule has 0 radical (unpaired) electrons. The van der Waals surface area contributed by atoms with Gasteiger partial charge in [-0.15, -0.1) is 0 Å². The normalized spacial score (nSPS) is 26.1. The summed E-state index contributed by atoms with van der Waals surface area (Å²) in [6, 6.07) is 52.4. The highest BCUT2D eigenvalue weighted by atomic mass is 79.9. The van der Waals surface area contributed by atoms with E-state index in [9.17, 15) is 0 Å². The van der Waals surface area contributed by atoms with Gasteiger partial charge in [0.05, 0.1) is 33.6 Å². The van der Waals surface area contributed by atoms with Gasteiger partial charge in [0.1, 0.15) is 40.8 Å². The maximum atomic E-state index is 6.71. The summed E-state index contributed by atoms with van der Waals surface area (Å²) in [7, 11) is 10.0. The maximum Gasteiger partial charge on any atom is 0.147 e. The number of rotatable bonds is 26. The second-order valence-electron chi connectivity index (χ2n) is 22.0. The highest BCUT2D eigenvalue weighted by Gasteiger charge is 2.49. The molecule has 0 atom stereocenters. The molecule has 0 aromatic heterocycles. The molecule has 0 N–H and O–H groups in total. The zero-order valence-electron chi connectivity index (χ0n) is 47.9. The van der Waals surface area contributed by atoms with E-state index in [1.807, 2.05) is 0 Å². The van der Waals surface area contributed by atoms with Crippen LogP contribution in [0.4, 0.5) is 0 Å². The van der Waals surface area contributed by atoms with E-state index in [1.165, 1.54) is 11.1 Å². The van der Waals surface area contributed by atoms with Crippen LogP contribution in [-0.2, 0) is 90.4 Å². The summed E-state index contributed by atoms with van der Waals surface area (Å²) in [6.45, 7) is 3.29. The molecule has 6 aromatic carbocycles. The Morgan fingerprint density at radius 3 is 0.600 bits per heavy atom. The van der Waals surface area contributed by atoms with E-state index < -0.39 is 33.6 Å². The van der Waals surface area contributed by atoms with Crippen molar-refractivity contribution in [1.29, 1.82) is 0 Å². The first-order chi connectivity index (χ1) is 39.0. The van der Waals surface area contributed by atoms with E-state index in [1.54, 1.807) is 42.7 Å². The number of aryl methyl sites for hydroxylation is 1. The molecule has 3 fully saturated rings. The Labute approximate surface area is 482 Å². The molecule has 0 bridgehead atoms. The number of hydrogen-bond acceptors (Lipinski definition) is 12. The minimum atomic E-state index is -0.577. The molecule has 3 aliphatic carbocycles. The van der Waals surface area contributed by atoms with Crippen molar-refractivity contribution in [3.05, 3.63) is 189 Å².